The largest absolute Gasteiger partial charge is 0.392 e. The molecule has 2 N–H and O–H groups in total. The Kier molecular flexibility index (Phi) is 7.62. The summed E-state index contributed by atoms with van der Waals surface area (Å²) in [6.45, 7) is 5.39. The number of aliphatic hydroxyl groups is 1. The van der Waals surface area contributed by atoms with Gasteiger partial charge in [-0.25, -0.2) is 13.1 Å². The van der Waals surface area contributed by atoms with Crippen molar-refractivity contribution in [1.82, 2.24) is 4.72 Å². The molecule has 0 bridgehead atoms. The van der Waals surface area contributed by atoms with Crippen molar-refractivity contribution in [3.8, 4) is 0 Å². The van der Waals surface area contributed by atoms with Crippen LogP contribution in [0.2, 0.25) is 5.02 Å². The van der Waals surface area contributed by atoms with Gasteiger partial charge >= 0.3 is 0 Å². The Bertz CT molecular complexity index is 546. The molecule has 0 aromatic heterocycles. The molecule has 0 aliphatic heterocycles. The molecule has 7 heteroatoms. The number of hydrogen-bond acceptors (Lipinski definition) is 4. The maximum absolute atomic E-state index is 12.1. The van der Waals surface area contributed by atoms with Crippen molar-refractivity contribution >= 4 is 21.6 Å². The van der Waals surface area contributed by atoms with E-state index < -0.39 is 10.0 Å². The SMILES string of the molecule is CC(C)COCCCNS(=O)(=O)c1ccc(CO)c(Cl)c1. The Hall–Kier alpha value is -0.660. The third-order valence-electron chi connectivity index (χ3n) is 2.71. The number of halogens is 1. The van der Waals surface area contributed by atoms with Crippen LogP contribution in [0.25, 0.3) is 0 Å². The Labute approximate surface area is 131 Å². The average Bonchev–Trinajstić information content (AvgIpc) is 2.42. The van der Waals surface area contributed by atoms with Gasteiger partial charge in [0.2, 0.25) is 10.0 Å². The van der Waals surface area contributed by atoms with Gasteiger partial charge in [0.15, 0.2) is 0 Å². The van der Waals surface area contributed by atoms with Gasteiger partial charge in [-0.1, -0.05) is 31.5 Å². The molecule has 1 rings (SSSR count). The van der Waals surface area contributed by atoms with Crippen molar-refractivity contribution in [2.24, 2.45) is 5.92 Å². The van der Waals surface area contributed by atoms with E-state index in [1.807, 2.05) is 0 Å². The summed E-state index contributed by atoms with van der Waals surface area (Å²) < 4.78 is 32.0. The minimum absolute atomic E-state index is 0.0906. The molecule has 0 aliphatic carbocycles. The van der Waals surface area contributed by atoms with Crippen molar-refractivity contribution in [3.63, 3.8) is 0 Å². The molecule has 0 saturated heterocycles. The van der Waals surface area contributed by atoms with Crippen molar-refractivity contribution in [3.05, 3.63) is 28.8 Å². The molecule has 0 fully saturated rings. The van der Waals surface area contributed by atoms with Crippen LogP contribution in [0.1, 0.15) is 25.8 Å². The number of sulfonamides is 1. The summed E-state index contributed by atoms with van der Waals surface area (Å²) >= 11 is 5.90. The van der Waals surface area contributed by atoms with E-state index in [9.17, 15) is 8.42 Å². The quantitative estimate of drug-likeness (QED) is 0.678. The highest BCUT2D eigenvalue weighted by atomic mass is 35.5. The van der Waals surface area contributed by atoms with Gasteiger partial charge in [-0.2, -0.15) is 0 Å². The number of nitrogens with one attached hydrogen (secondary N) is 1. The lowest BCUT2D eigenvalue weighted by atomic mass is 10.2. The van der Waals surface area contributed by atoms with E-state index in [4.69, 9.17) is 21.4 Å². The van der Waals surface area contributed by atoms with Crippen LogP contribution in [0.15, 0.2) is 23.1 Å². The standard InChI is InChI=1S/C14H22ClNO4S/c1-11(2)10-20-7-3-6-16-21(18,19)13-5-4-12(9-17)14(15)8-13/h4-5,8,11,16-17H,3,6-7,9-10H2,1-2H3. The maximum Gasteiger partial charge on any atom is 0.240 e. The lowest BCUT2D eigenvalue weighted by Gasteiger charge is -2.09. The van der Waals surface area contributed by atoms with Crippen LogP contribution in [0.4, 0.5) is 0 Å². The first-order valence-electron chi connectivity index (χ1n) is 6.83. The molecule has 0 spiro atoms. The monoisotopic (exact) mass is 335 g/mol. The second kappa shape index (κ2) is 8.70. The van der Waals surface area contributed by atoms with E-state index in [-0.39, 0.29) is 16.5 Å². The fourth-order valence-corrected chi connectivity index (χ4v) is 3.01. The third kappa shape index (κ3) is 6.32. The molecule has 0 radical (unpaired) electrons. The summed E-state index contributed by atoms with van der Waals surface area (Å²) in [5.74, 6) is 0.467. The molecular formula is C14H22ClNO4S. The summed E-state index contributed by atoms with van der Waals surface area (Å²) in [6.07, 6.45) is 0.606. The number of benzene rings is 1. The lowest BCUT2D eigenvalue weighted by molar-refractivity contribution is 0.108. The number of rotatable bonds is 9. The van der Waals surface area contributed by atoms with E-state index in [2.05, 4.69) is 18.6 Å². The first-order valence-corrected chi connectivity index (χ1v) is 8.69. The molecule has 1 aromatic carbocycles. The van der Waals surface area contributed by atoms with Crippen LogP contribution in [0.5, 0.6) is 0 Å². The minimum atomic E-state index is -3.58. The summed E-state index contributed by atoms with van der Waals surface area (Å²) in [7, 11) is -3.58. The smallest absolute Gasteiger partial charge is 0.240 e. The lowest BCUT2D eigenvalue weighted by Crippen LogP contribution is -2.25. The number of hydrogen-bond donors (Lipinski definition) is 2. The molecule has 1 aromatic rings. The minimum Gasteiger partial charge on any atom is -0.392 e. The number of aliphatic hydroxyl groups excluding tert-OH is 1. The zero-order chi connectivity index (χ0) is 15.9. The summed E-state index contributed by atoms with van der Waals surface area (Å²) in [5, 5.41) is 9.25. The highest BCUT2D eigenvalue weighted by Gasteiger charge is 2.14. The first-order chi connectivity index (χ1) is 9.86. The predicted octanol–water partition coefficient (Wildman–Crippen LogP) is 2.17. The topological polar surface area (TPSA) is 75.6 Å². The van der Waals surface area contributed by atoms with Crippen molar-refractivity contribution in [2.75, 3.05) is 19.8 Å². The third-order valence-corrected chi connectivity index (χ3v) is 4.52. The molecule has 5 nitrogen and oxygen atoms in total. The highest BCUT2D eigenvalue weighted by molar-refractivity contribution is 7.89. The van der Waals surface area contributed by atoms with E-state index in [1.54, 1.807) is 0 Å². The Morgan fingerprint density at radius 3 is 2.67 bits per heavy atom. The second-order valence-electron chi connectivity index (χ2n) is 5.13. The zero-order valence-electron chi connectivity index (χ0n) is 12.3. The van der Waals surface area contributed by atoms with Gasteiger partial charge in [0.1, 0.15) is 0 Å². The molecular weight excluding hydrogens is 314 g/mol. The molecule has 0 aliphatic rings. The van der Waals surface area contributed by atoms with Gasteiger partial charge in [-0.05, 0) is 30.0 Å². The highest BCUT2D eigenvalue weighted by Crippen LogP contribution is 2.20. The Morgan fingerprint density at radius 2 is 2.10 bits per heavy atom. The van der Waals surface area contributed by atoms with E-state index in [1.165, 1.54) is 18.2 Å². The zero-order valence-corrected chi connectivity index (χ0v) is 13.9. The van der Waals surface area contributed by atoms with Gasteiger partial charge in [-0.15, -0.1) is 0 Å². The average molecular weight is 336 g/mol. The molecule has 0 amide bonds. The van der Waals surface area contributed by atoms with Gasteiger partial charge in [0.05, 0.1) is 11.5 Å². The van der Waals surface area contributed by atoms with Crippen LogP contribution in [-0.2, 0) is 21.4 Å². The normalized spacial score (nSPS) is 12.0. The molecule has 0 unspecified atom stereocenters. The van der Waals surface area contributed by atoms with Crippen LogP contribution in [0.3, 0.4) is 0 Å². The van der Waals surface area contributed by atoms with Crippen molar-refractivity contribution in [2.45, 2.75) is 31.8 Å². The fourth-order valence-electron chi connectivity index (χ4n) is 1.61. The van der Waals surface area contributed by atoms with E-state index in [0.717, 1.165) is 0 Å². The summed E-state index contributed by atoms with van der Waals surface area (Å²) in [5.41, 5.74) is 0.498. The van der Waals surface area contributed by atoms with E-state index >= 15 is 0 Å². The van der Waals surface area contributed by atoms with Gasteiger partial charge in [-0.3, -0.25) is 0 Å². The molecule has 0 atom stereocenters. The molecule has 120 valence electrons. The second-order valence-corrected chi connectivity index (χ2v) is 7.31. The van der Waals surface area contributed by atoms with Crippen molar-refractivity contribution in [1.29, 1.82) is 0 Å². The van der Waals surface area contributed by atoms with Gasteiger partial charge < -0.3 is 9.84 Å². The Morgan fingerprint density at radius 1 is 1.38 bits per heavy atom. The predicted molar refractivity (Wildman–Crippen MR) is 82.8 cm³/mol. The number of ether oxygens (including phenoxy) is 1. The first kappa shape index (κ1) is 18.4. The molecule has 0 saturated carbocycles. The maximum atomic E-state index is 12.1. The van der Waals surface area contributed by atoms with Crippen LogP contribution >= 0.6 is 11.6 Å². The molecule has 21 heavy (non-hydrogen) atoms. The van der Waals surface area contributed by atoms with E-state index in [0.29, 0.717) is 37.7 Å². The molecule has 0 heterocycles. The van der Waals surface area contributed by atoms with Gasteiger partial charge in [0, 0.05) is 24.8 Å². The summed E-state index contributed by atoms with van der Waals surface area (Å²) in [6, 6.07) is 4.27. The van der Waals surface area contributed by atoms with Crippen LogP contribution < -0.4 is 4.72 Å². The summed E-state index contributed by atoms with van der Waals surface area (Å²) in [4.78, 5) is 0.0906. The fraction of sp³-hybridized carbons (Fsp3) is 0.571. The van der Waals surface area contributed by atoms with Crippen LogP contribution in [-0.4, -0.2) is 33.3 Å². The van der Waals surface area contributed by atoms with Crippen LogP contribution in [0, 0.1) is 5.92 Å². The van der Waals surface area contributed by atoms with Gasteiger partial charge in [0.25, 0.3) is 0 Å². The van der Waals surface area contributed by atoms with Crippen molar-refractivity contribution < 1.29 is 18.3 Å². The Balaban J connectivity index is 2.48.